The van der Waals surface area contributed by atoms with Crippen LogP contribution in [-0.4, -0.2) is 51.5 Å². The number of fused-ring (bicyclic) bond motifs is 1. The van der Waals surface area contributed by atoms with Crippen molar-refractivity contribution >= 4 is 17.1 Å². The molecule has 3 heterocycles. The summed E-state index contributed by atoms with van der Waals surface area (Å²) in [7, 11) is 0. The molecule has 0 saturated carbocycles. The van der Waals surface area contributed by atoms with Crippen LogP contribution >= 0.6 is 0 Å². The second kappa shape index (κ2) is 7.03. The van der Waals surface area contributed by atoms with E-state index in [0.717, 1.165) is 36.5 Å². The van der Waals surface area contributed by atoms with Crippen LogP contribution in [-0.2, 0) is 0 Å². The van der Waals surface area contributed by atoms with Crippen LogP contribution in [0, 0.1) is 0 Å². The van der Waals surface area contributed by atoms with Crippen molar-refractivity contribution in [1.82, 2.24) is 24.8 Å². The van der Waals surface area contributed by atoms with Crippen molar-refractivity contribution in [3.05, 3.63) is 54.5 Å². The summed E-state index contributed by atoms with van der Waals surface area (Å²) in [6.07, 6.45) is 5.88. The summed E-state index contributed by atoms with van der Waals surface area (Å²) in [6, 6.07) is 11.7. The fourth-order valence-corrected chi connectivity index (χ4v) is 3.24. The molecule has 1 aliphatic heterocycles. The molecule has 0 bridgehead atoms. The Bertz CT molecular complexity index is 868. The molecule has 0 aliphatic carbocycles. The molecule has 3 aromatic rings. The first kappa shape index (κ1) is 15.8. The quantitative estimate of drug-likeness (QED) is 0.777. The molecule has 2 aromatic heterocycles. The first-order valence-electron chi connectivity index (χ1n) is 8.70. The number of rotatable bonds is 5. The molecular weight excluding hydrogens is 314 g/mol. The number of amides is 1. The van der Waals surface area contributed by atoms with Gasteiger partial charge in [-0.25, -0.2) is 9.97 Å². The Kier molecular flexibility index (Phi) is 4.43. The average molecular weight is 335 g/mol. The largest absolute Gasteiger partial charge is 0.351 e. The summed E-state index contributed by atoms with van der Waals surface area (Å²) in [5.41, 5.74) is 3.02. The van der Waals surface area contributed by atoms with Gasteiger partial charge < -0.3 is 10.2 Å². The summed E-state index contributed by atoms with van der Waals surface area (Å²) >= 11 is 0. The highest BCUT2D eigenvalue weighted by molar-refractivity contribution is 5.96. The monoisotopic (exact) mass is 335 g/mol. The minimum atomic E-state index is -0.0946. The van der Waals surface area contributed by atoms with E-state index in [1.54, 1.807) is 18.6 Å². The molecule has 25 heavy (non-hydrogen) atoms. The van der Waals surface area contributed by atoms with Crippen molar-refractivity contribution in [3.63, 3.8) is 0 Å². The SMILES string of the molecule is O=C(NCCN1CCCC1)c1cnc2c(c1)ncn2-c1ccccc1. The lowest BCUT2D eigenvalue weighted by atomic mass is 10.2. The van der Waals surface area contributed by atoms with Gasteiger partial charge in [-0.2, -0.15) is 0 Å². The molecule has 128 valence electrons. The lowest BCUT2D eigenvalue weighted by molar-refractivity contribution is 0.0949. The minimum absolute atomic E-state index is 0.0946. The van der Waals surface area contributed by atoms with Gasteiger partial charge in [-0.1, -0.05) is 18.2 Å². The average Bonchev–Trinajstić information content (AvgIpc) is 3.31. The Morgan fingerprint density at radius 2 is 1.92 bits per heavy atom. The maximum Gasteiger partial charge on any atom is 0.252 e. The van der Waals surface area contributed by atoms with Crippen LogP contribution in [0.3, 0.4) is 0 Å². The van der Waals surface area contributed by atoms with E-state index in [9.17, 15) is 4.79 Å². The molecule has 1 aliphatic rings. The maximum atomic E-state index is 12.3. The zero-order valence-electron chi connectivity index (χ0n) is 14.1. The van der Waals surface area contributed by atoms with Gasteiger partial charge in [0.2, 0.25) is 0 Å². The lowest BCUT2D eigenvalue weighted by Crippen LogP contribution is -2.33. The van der Waals surface area contributed by atoms with Crippen LogP contribution in [0.2, 0.25) is 0 Å². The molecule has 1 fully saturated rings. The van der Waals surface area contributed by atoms with E-state index >= 15 is 0 Å². The number of likely N-dealkylation sites (tertiary alicyclic amines) is 1. The van der Waals surface area contributed by atoms with Crippen LogP contribution in [0.15, 0.2) is 48.9 Å². The second-order valence-electron chi connectivity index (χ2n) is 6.32. The number of hydrogen-bond donors (Lipinski definition) is 1. The summed E-state index contributed by atoms with van der Waals surface area (Å²) in [4.78, 5) is 23.6. The Morgan fingerprint density at radius 3 is 2.72 bits per heavy atom. The first-order chi connectivity index (χ1) is 12.3. The van der Waals surface area contributed by atoms with Gasteiger partial charge in [-0.3, -0.25) is 9.36 Å². The predicted octanol–water partition coefficient (Wildman–Crippen LogP) is 2.25. The zero-order chi connectivity index (χ0) is 17.1. The Labute approximate surface area is 146 Å². The molecule has 6 nitrogen and oxygen atoms in total. The molecular formula is C19H21N5O. The van der Waals surface area contributed by atoms with E-state index in [4.69, 9.17) is 0 Å². The second-order valence-corrected chi connectivity index (χ2v) is 6.32. The lowest BCUT2D eigenvalue weighted by Gasteiger charge is -2.14. The standard InChI is InChI=1S/C19H21N5O/c25-19(20-8-11-23-9-4-5-10-23)15-12-17-18(21-13-15)24(14-22-17)16-6-2-1-3-7-16/h1-3,6-7,12-14H,4-5,8-11H2,(H,20,25). The van der Waals surface area contributed by atoms with E-state index in [2.05, 4.69) is 20.2 Å². The summed E-state index contributed by atoms with van der Waals surface area (Å²) in [6.45, 7) is 3.85. The van der Waals surface area contributed by atoms with Crippen molar-refractivity contribution in [2.45, 2.75) is 12.8 Å². The molecule has 4 rings (SSSR count). The number of carbonyl (C=O) groups is 1. The molecule has 1 aromatic carbocycles. The molecule has 1 saturated heterocycles. The van der Waals surface area contributed by atoms with Gasteiger partial charge in [0.15, 0.2) is 5.65 Å². The van der Waals surface area contributed by atoms with E-state index < -0.39 is 0 Å². The van der Waals surface area contributed by atoms with Crippen molar-refractivity contribution < 1.29 is 4.79 Å². The van der Waals surface area contributed by atoms with Gasteiger partial charge >= 0.3 is 0 Å². The molecule has 0 atom stereocenters. The van der Waals surface area contributed by atoms with Crippen molar-refractivity contribution in [3.8, 4) is 5.69 Å². The van der Waals surface area contributed by atoms with Gasteiger partial charge in [0.1, 0.15) is 11.8 Å². The third kappa shape index (κ3) is 3.39. The Morgan fingerprint density at radius 1 is 1.12 bits per heavy atom. The number of hydrogen-bond acceptors (Lipinski definition) is 4. The summed E-state index contributed by atoms with van der Waals surface area (Å²) < 4.78 is 1.92. The van der Waals surface area contributed by atoms with Crippen molar-refractivity contribution in [1.29, 1.82) is 0 Å². The topological polar surface area (TPSA) is 63.1 Å². The highest BCUT2D eigenvalue weighted by atomic mass is 16.1. The number of para-hydroxylation sites is 1. The fourth-order valence-electron chi connectivity index (χ4n) is 3.24. The summed E-state index contributed by atoms with van der Waals surface area (Å²) in [5.74, 6) is -0.0946. The van der Waals surface area contributed by atoms with Gasteiger partial charge in [0.05, 0.1) is 5.56 Å². The van der Waals surface area contributed by atoms with Gasteiger partial charge in [-0.15, -0.1) is 0 Å². The molecule has 0 unspecified atom stereocenters. The number of pyridine rings is 1. The molecule has 0 radical (unpaired) electrons. The van der Waals surface area contributed by atoms with Crippen LogP contribution in [0.25, 0.3) is 16.9 Å². The van der Waals surface area contributed by atoms with E-state index in [1.807, 2.05) is 34.9 Å². The van der Waals surface area contributed by atoms with E-state index in [-0.39, 0.29) is 5.91 Å². The van der Waals surface area contributed by atoms with Crippen molar-refractivity contribution in [2.75, 3.05) is 26.2 Å². The third-order valence-electron chi connectivity index (χ3n) is 4.60. The van der Waals surface area contributed by atoms with Gasteiger partial charge in [-0.05, 0) is 44.1 Å². The van der Waals surface area contributed by atoms with Crippen LogP contribution in [0.4, 0.5) is 0 Å². The number of benzene rings is 1. The van der Waals surface area contributed by atoms with Gasteiger partial charge in [0, 0.05) is 25.0 Å². The highest BCUT2D eigenvalue weighted by Gasteiger charge is 2.13. The third-order valence-corrected chi connectivity index (χ3v) is 4.60. The minimum Gasteiger partial charge on any atom is -0.351 e. The summed E-state index contributed by atoms with van der Waals surface area (Å²) in [5, 5.41) is 2.97. The zero-order valence-corrected chi connectivity index (χ0v) is 14.1. The molecule has 0 spiro atoms. The number of nitrogens with one attached hydrogen (secondary N) is 1. The molecule has 1 amide bonds. The molecule has 1 N–H and O–H groups in total. The smallest absolute Gasteiger partial charge is 0.252 e. The van der Waals surface area contributed by atoms with Crippen molar-refractivity contribution in [2.24, 2.45) is 0 Å². The first-order valence-corrected chi connectivity index (χ1v) is 8.70. The van der Waals surface area contributed by atoms with Crippen LogP contribution in [0.5, 0.6) is 0 Å². The number of aromatic nitrogens is 3. The fraction of sp³-hybridized carbons (Fsp3) is 0.316. The Hall–Kier alpha value is -2.73. The highest BCUT2D eigenvalue weighted by Crippen LogP contribution is 2.17. The number of carbonyl (C=O) groups excluding carboxylic acids is 1. The normalized spacial score (nSPS) is 14.9. The Balaban J connectivity index is 1.47. The van der Waals surface area contributed by atoms with Gasteiger partial charge in [0.25, 0.3) is 5.91 Å². The van der Waals surface area contributed by atoms with E-state index in [1.165, 1.54) is 12.8 Å². The number of nitrogens with zero attached hydrogens (tertiary/aromatic N) is 4. The van der Waals surface area contributed by atoms with Crippen LogP contribution < -0.4 is 5.32 Å². The van der Waals surface area contributed by atoms with Crippen LogP contribution in [0.1, 0.15) is 23.2 Å². The predicted molar refractivity (Wildman–Crippen MR) is 96.9 cm³/mol. The molecule has 6 heteroatoms. The maximum absolute atomic E-state index is 12.3. The number of imidazole rings is 1. The van der Waals surface area contributed by atoms with E-state index in [0.29, 0.717) is 12.1 Å².